The van der Waals surface area contributed by atoms with E-state index >= 15 is 0 Å². The number of nitrogens with two attached hydrogens (primary N) is 1. The van der Waals surface area contributed by atoms with Crippen molar-refractivity contribution in [1.29, 1.82) is 0 Å². The van der Waals surface area contributed by atoms with E-state index < -0.39 is 8.80 Å². The number of rotatable bonds is 10. The van der Waals surface area contributed by atoms with Crippen molar-refractivity contribution in [2.24, 2.45) is 5.73 Å². The van der Waals surface area contributed by atoms with Gasteiger partial charge in [-0.2, -0.15) is 0 Å². The zero-order chi connectivity index (χ0) is 12.4. The minimum Gasteiger partial charge on any atom is -0.374 e. The van der Waals surface area contributed by atoms with Crippen molar-refractivity contribution < 1.29 is 13.3 Å². The molecule has 0 aliphatic heterocycles. The molecule has 1 atom stereocenters. The molecule has 0 amide bonds. The molecule has 3 N–H and O–H groups in total. The summed E-state index contributed by atoms with van der Waals surface area (Å²) in [6.45, 7) is 10.5. The van der Waals surface area contributed by atoms with Crippen molar-refractivity contribution in [3.05, 3.63) is 0 Å². The average Bonchev–Trinajstić information content (AvgIpc) is 2.27. The van der Waals surface area contributed by atoms with Crippen LogP contribution in [0.4, 0.5) is 0 Å². The molecular weight excluding hydrogens is 224 g/mol. The first-order valence-electron chi connectivity index (χ1n) is 6.03. The third-order valence-corrected chi connectivity index (χ3v) is 5.13. The molecule has 0 heterocycles. The predicted octanol–water partition coefficient (Wildman–Crippen LogP) is 0.929. The zero-order valence-electron chi connectivity index (χ0n) is 10.9. The summed E-state index contributed by atoms with van der Waals surface area (Å²) in [6.07, 6.45) is -0.0896. The molecule has 98 valence electrons. The van der Waals surface area contributed by atoms with Gasteiger partial charge in [-0.25, -0.2) is 0 Å². The van der Waals surface area contributed by atoms with Gasteiger partial charge in [0.05, 0.1) is 6.23 Å². The summed E-state index contributed by atoms with van der Waals surface area (Å²) in [5, 5.41) is 3.17. The van der Waals surface area contributed by atoms with E-state index in [2.05, 4.69) is 5.32 Å². The fourth-order valence-electron chi connectivity index (χ4n) is 1.43. The normalized spacial score (nSPS) is 14.1. The molecule has 0 aliphatic carbocycles. The number of hydrogen-bond acceptors (Lipinski definition) is 5. The standard InChI is InChI=1S/C10H26N2O3Si/c1-5-13-16(7-3,14-6-2)15-10(4)12-9-8-11/h10,12H,5-9,11H2,1-4H3. The Hall–Kier alpha value is 0.0169. The van der Waals surface area contributed by atoms with E-state index in [0.29, 0.717) is 19.8 Å². The summed E-state index contributed by atoms with van der Waals surface area (Å²) in [5.74, 6) is 0. The van der Waals surface area contributed by atoms with Crippen LogP contribution in [0.3, 0.4) is 0 Å². The van der Waals surface area contributed by atoms with E-state index in [1.807, 2.05) is 27.7 Å². The molecule has 16 heavy (non-hydrogen) atoms. The minimum absolute atomic E-state index is 0.0896. The average molecular weight is 250 g/mol. The maximum Gasteiger partial charge on any atom is 0.501 e. The van der Waals surface area contributed by atoms with Gasteiger partial charge in [-0.3, -0.25) is 5.32 Å². The second kappa shape index (κ2) is 9.09. The maximum absolute atomic E-state index is 5.90. The van der Waals surface area contributed by atoms with Crippen molar-refractivity contribution in [2.45, 2.75) is 40.0 Å². The van der Waals surface area contributed by atoms with E-state index in [-0.39, 0.29) is 6.23 Å². The van der Waals surface area contributed by atoms with Crippen LogP contribution in [0, 0.1) is 0 Å². The maximum atomic E-state index is 5.90. The van der Waals surface area contributed by atoms with E-state index in [1.165, 1.54) is 0 Å². The second-order valence-corrected chi connectivity index (χ2v) is 6.29. The molecule has 0 radical (unpaired) electrons. The third kappa shape index (κ3) is 5.93. The fraction of sp³-hybridized carbons (Fsp3) is 1.00. The Bertz CT molecular complexity index is 166. The highest BCUT2D eigenvalue weighted by Gasteiger charge is 2.40. The van der Waals surface area contributed by atoms with Gasteiger partial charge in [0, 0.05) is 32.3 Å². The predicted molar refractivity (Wildman–Crippen MR) is 67.1 cm³/mol. The molecule has 6 heteroatoms. The summed E-state index contributed by atoms with van der Waals surface area (Å²) >= 11 is 0. The molecule has 0 aromatic heterocycles. The van der Waals surface area contributed by atoms with E-state index in [0.717, 1.165) is 12.6 Å². The summed E-state index contributed by atoms with van der Waals surface area (Å²) < 4.78 is 17.3. The number of hydrogen-bond donors (Lipinski definition) is 2. The quantitative estimate of drug-likeness (QED) is 0.446. The van der Waals surface area contributed by atoms with Crippen LogP contribution in [0.1, 0.15) is 27.7 Å². The van der Waals surface area contributed by atoms with Crippen LogP contribution in [-0.4, -0.2) is 41.3 Å². The summed E-state index contributed by atoms with van der Waals surface area (Å²) in [5.41, 5.74) is 5.42. The first-order valence-corrected chi connectivity index (χ1v) is 7.96. The monoisotopic (exact) mass is 250 g/mol. The highest BCUT2D eigenvalue weighted by molar-refractivity contribution is 6.60. The van der Waals surface area contributed by atoms with Crippen LogP contribution in [0.25, 0.3) is 0 Å². The Morgan fingerprint density at radius 3 is 2.12 bits per heavy atom. The molecule has 0 bridgehead atoms. The van der Waals surface area contributed by atoms with Crippen molar-refractivity contribution in [3.63, 3.8) is 0 Å². The Morgan fingerprint density at radius 2 is 1.75 bits per heavy atom. The Labute approximate surface area is 100 Å². The Balaban J connectivity index is 4.26. The van der Waals surface area contributed by atoms with Gasteiger partial charge in [-0.1, -0.05) is 6.92 Å². The van der Waals surface area contributed by atoms with Gasteiger partial charge in [-0.05, 0) is 20.8 Å². The molecule has 0 spiro atoms. The molecule has 0 saturated carbocycles. The Morgan fingerprint density at radius 1 is 1.19 bits per heavy atom. The molecule has 1 unspecified atom stereocenters. The minimum atomic E-state index is -2.49. The Kier molecular flexibility index (Phi) is 9.10. The van der Waals surface area contributed by atoms with Crippen LogP contribution in [0.15, 0.2) is 0 Å². The van der Waals surface area contributed by atoms with Gasteiger partial charge in [0.15, 0.2) is 0 Å². The van der Waals surface area contributed by atoms with Gasteiger partial charge in [0.25, 0.3) is 0 Å². The van der Waals surface area contributed by atoms with E-state index in [4.69, 9.17) is 19.0 Å². The lowest BCUT2D eigenvalue weighted by Gasteiger charge is -2.31. The molecule has 0 rings (SSSR count). The van der Waals surface area contributed by atoms with Gasteiger partial charge in [-0.15, -0.1) is 0 Å². The van der Waals surface area contributed by atoms with Crippen LogP contribution in [0.2, 0.25) is 6.04 Å². The van der Waals surface area contributed by atoms with Gasteiger partial charge >= 0.3 is 8.80 Å². The van der Waals surface area contributed by atoms with Crippen molar-refractivity contribution >= 4 is 8.80 Å². The highest BCUT2D eigenvalue weighted by atomic mass is 28.4. The largest absolute Gasteiger partial charge is 0.501 e. The molecule has 0 fully saturated rings. The molecule has 0 aromatic rings. The lowest BCUT2D eigenvalue weighted by Crippen LogP contribution is -2.50. The second-order valence-electron chi connectivity index (χ2n) is 3.41. The molecule has 0 saturated heterocycles. The summed E-state index contributed by atoms with van der Waals surface area (Å²) in [7, 11) is -2.49. The summed E-state index contributed by atoms with van der Waals surface area (Å²) in [4.78, 5) is 0. The van der Waals surface area contributed by atoms with Crippen LogP contribution in [-0.2, 0) is 13.3 Å². The zero-order valence-corrected chi connectivity index (χ0v) is 11.9. The lowest BCUT2D eigenvalue weighted by molar-refractivity contribution is 0.0280. The van der Waals surface area contributed by atoms with Crippen LogP contribution in [0.5, 0.6) is 0 Å². The SMILES string of the molecule is CCO[Si](CC)(OCC)OC(C)NCCN. The first-order chi connectivity index (χ1) is 7.64. The first kappa shape index (κ1) is 16.0. The van der Waals surface area contributed by atoms with Crippen molar-refractivity contribution in [1.82, 2.24) is 5.32 Å². The van der Waals surface area contributed by atoms with Crippen molar-refractivity contribution in [2.75, 3.05) is 26.3 Å². The lowest BCUT2D eigenvalue weighted by atomic mass is 10.6. The van der Waals surface area contributed by atoms with E-state index in [9.17, 15) is 0 Å². The number of nitrogens with one attached hydrogen (secondary N) is 1. The molecular formula is C10H26N2O3Si. The third-order valence-electron chi connectivity index (χ3n) is 2.09. The fourth-order valence-corrected chi connectivity index (χ4v) is 3.73. The van der Waals surface area contributed by atoms with Gasteiger partial charge in [0.2, 0.25) is 0 Å². The van der Waals surface area contributed by atoms with Crippen molar-refractivity contribution in [3.8, 4) is 0 Å². The topological polar surface area (TPSA) is 65.7 Å². The van der Waals surface area contributed by atoms with Gasteiger partial charge < -0.3 is 19.0 Å². The molecule has 0 aliphatic rings. The molecule has 5 nitrogen and oxygen atoms in total. The molecule has 0 aromatic carbocycles. The van der Waals surface area contributed by atoms with Crippen LogP contribution < -0.4 is 11.1 Å². The van der Waals surface area contributed by atoms with Crippen LogP contribution >= 0.6 is 0 Å². The van der Waals surface area contributed by atoms with E-state index in [1.54, 1.807) is 0 Å². The smallest absolute Gasteiger partial charge is 0.374 e. The summed E-state index contributed by atoms with van der Waals surface area (Å²) in [6, 6.07) is 0.781. The highest BCUT2D eigenvalue weighted by Crippen LogP contribution is 2.16. The van der Waals surface area contributed by atoms with Gasteiger partial charge in [0.1, 0.15) is 0 Å².